The summed E-state index contributed by atoms with van der Waals surface area (Å²) in [6, 6.07) is 0. The van der Waals surface area contributed by atoms with Gasteiger partial charge in [0.05, 0.1) is 5.92 Å². The Hall–Kier alpha value is -1.71. The van der Waals surface area contributed by atoms with Gasteiger partial charge in [0.25, 0.3) is 0 Å². The minimum atomic E-state index is -0.892. The molecule has 4 heteroatoms. The fraction of sp³-hybridized carbons (Fsp3) is 0.533. The molecule has 104 valence electrons. The molecule has 1 aromatic rings. The molecule has 19 heavy (non-hydrogen) atoms. The van der Waals surface area contributed by atoms with Gasteiger partial charge in [0.1, 0.15) is 5.82 Å². The lowest BCUT2D eigenvalue weighted by molar-refractivity contribution is -0.140. The van der Waals surface area contributed by atoms with Crippen LogP contribution in [-0.4, -0.2) is 21.0 Å². The summed E-state index contributed by atoms with van der Waals surface area (Å²) in [7, 11) is 0. The van der Waals surface area contributed by atoms with Crippen molar-refractivity contribution in [2.45, 2.75) is 46.0 Å². The van der Waals surface area contributed by atoms with Crippen LogP contribution in [0.1, 0.15) is 51.9 Å². The lowest BCUT2D eigenvalue weighted by Crippen LogP contribution is -2.28. The van der Waals surface area contributed by atoms with Crippen LogP contribution >= 0.6 is 0 Å². The summed E-state index contributed by atoms with van der Waals surface area (Å²) in [5.41, 5.74) is -0.102. The van der Waals surface area contributed by atoms with E-state index in [9.17, 15) is 9.90 Å². The molecule has 1 aromatic heterocycles. The van der Waals surface area contributed by atoms with Crippen LogP contribution in [0.5, 0.6) is 0 Å². The molecule has 0 aliphatic rings. The maximum Gasteiger partial charge on any atom is 0.311 e. The Labute approximate surface area is 114 Å². The molecule has 0 aliphatic heterocycles. The molecule has 0 spiro atoms. The van der Waals surface area contributed by atoms with Crippen molar-refractivity contribution in [3.05, 3.63) is 36.4 Å². The average Bonchev–Trinajstić information content (AvgIpc) is 2.27. The van der Waals surface area contributed by atoms with E-state index >= 15 is 0 Å². The van der Waals surface area contributed by atoms with E-state index in [2.05, 4.69) is 16.5 Å². The van der Waals surface area contributed by atoms with Gasteiger partial charge in [-0.25, -0.2) is 9.97 Å². The van der Waals surface area contributed by atoms with Crippen LogP contribution in [0, 0.1) is 5.41 Å². The number of carbonyl (C=O) groups is 1. The van der Waals surface area contributed by atoms with Gasteiger partial charge in [-0.2, -0.15) is 0 Å². The fourth-order valence-electron chi connectivity index (χ4n) is 1.88. The molecule has 1 rings (SSSR count). The topological polar surface area (TPSA) is 63.1 Å². The highest BCUT2D eigenvalue weighted by Gasteiger charge is 2.35. The van der Waals surface area contributed by atoms with E-state index in [1.165, 1.54) is 0 Å². The molecule has 0 aromatic carbocycles. The summed E-state index contributed by atoms with van der Waals surface area (Å²) >= 11 is 0. The van der Waals surface area contributed by atoms with Gasteiger partial charge in [0.2, 0.25) is 0 Å². The number of aromatic nitrogens is 2. The van der Waals surface area contributed by atoms with Gasteiger partial charge in [-0.3, -0.25) is 4.79 Å². The van der Waals surface area contributed by atoms with Gasteiger partial charge < -0.3 is 5.11 Å². The number of rotatable bonds is 4. The van der Waals surface area contributed by atoms with Crippen molar-refractivity contribution in [3.63, 3.8) is 0 Å². The molecule has 0 amide bonds. The van der Waals surface area contributed by atoms with Gasteiger partial charge in [0.15, 0.2) is 0 Å². The molecule has 1 N–H and O–H groups in total. The Bertz CT molecular complexity index is 470. The number of nitrogens with zero attached hydrogens (tertiary/aromatic N) is 2. The molecule has 0 fully saturated rings. The van der Waals surface area contributed by atoms with Gasteiger partial charge in [-0.1, -0.05) is 40.7 Å². The largest absolute Gasteiger partial charge is 0.481 e. The summed E-state index contributed by atoms with van der Waals surface area (Å²) in [4.78, 5) is 20.1. The van der Waals surface area contributed by atoms with Crippen LogP contribution in [-0.2, 0) is 10.2 Å². The Morgan fingerprint density at radius 2 is 1.74 bits per heavy atom. The number of allylic oxidation sites excluding steroid dienone is 1. The molecule has 1 heterocycles. The smallest absolute Gasteiger partial charge is 0.311 e. The molecule has 0 aliphatic carbocycles. The third-order valence-corrected chi connectivity index (χ3v) is 3.19. The van der Waals surface area contributed by atoms with Crippen molar-refractivity contribution in [1.82, 2.24) is 9.97 Å². The van der Waals surface area contributed by atoms with Gasteiger partial charge in [-0.15, -0.1) is 6.58 Å². The fourth-order valence-corrected chi connectivity index (χ4v) is 1.88. The van der Waals surface area contributed by atoms with E-state index < -0.39 is 17.3 Å². The van der Waals surface area contributed by atoms with Crippen molar-refractivity contribution in [3.8, 4) is 0 Å². The second-order valence-electron chi connectivity index (χ2n) is 6.39. The lowest BCUT2D eigenvalue weighted by atomic mass is 9.76. The first-order chi connectivity index (χ1) is 8.59. The van der Waals surface area contributed by atoms with Crippen LogP contribution in [0.2, 0.25) is 0 Å². The van der Waals surface area contributed by atoms with Crippen molar-refractivity contribution < 1.29 is 9.90 Å². The third kappa shape index (κ3) is 3.40. The highest BCUT2D eigenvalue weighted by Crippen LogP contribution is 2.36. The van der Waals surface area contributed by atoms with Crippen LogP contribution < -0.4 is 0 Å². The predicted octanol–water partition coefficient (Wildman–Crippen LogP) is 3.15. The summed E-state index contributed by atoms with van der Waals surface area (Å²) in [6.07, 6.45) is 4.87. The molecule has 0 radical (unpaired) electrons. The highest BCUT2D eigenvalue weighted by atomic mass is 16.4. The standard InChI is InChI=1S/C15H22N2O2/c1-7-15(5,6)11(12(18)19)10-8-16-13(17-9-10)14(2,3)4/h7-9,11H,1H2,2-6H3,(H,18,19). The molecular weight excluding hydrogens is 240 g/mol. The molecule has 1 atom stereocenters. The number of carboxylic acids is 1. The average molecular weight is 262 g/mol. The van der Waals surface area contributed by atoms with Crippen LogP contribution in [0.3, 0.4) is 0 Å². The zero-order chi connectivity index (χ0) is 14.8. The molecule has 0 saturated heterocycles. The number of hydrogen-bond donors (Lipinski definition) is 1. The number of hydrogen-bond acceptors (Lipinski definition) is 3. The van der Waals surface area contributed by atoms with E-state index in [4.69, 9.17) is 0 Å². The van der Waals surface area contributed by atoms with E-state index in [-0.39, 0.29) is 5.41 Å². The zero-order valence-corrected chi connectivity index (χ0v) is 12.3. The van der Waals surface area contributed by atoms with Crippen molar-refractivity contribution >= 4 is 5.97 Å². The quantitative estimate of drug-likeness (QED) is 0.847. The Kier molecular flexibility index (Phi) is 4.13. The summed E-state index contributed by atoms with van der Waals surface area (Å²) in [5, 5.41) is 9.42. The number of aliphatic carboxylic acids is 1. The Morgan fingerprint density at radius 3 is 2.05 bits per heavy atom. The molecule has 0 saturated carbocycles. The first-order valence-electron chi connectivity index (χ1n) is 6.28. The van der Waals surface area contributed by atoms with E-state index in [0.29, 0.717) is 11.4 Å². The second kappa shape index (κ2) is 5.11. The monoisotopic (exact) mass is 262 g/mol. The van der Waals surface area contributed by atoms with Gasteiger partial charge >= 0.3 is 5.97 Å². The lowest BCUT2D eigenvalue weighted by Gasteiger charge is -2.28. The molecule has 4 nitrogen and oxygen atoms in total. The summed E-state index contributed by atoms with van der Waals surface area (Å²) < 4.78 is 0. The third-order valence-electron chi connectivity index (χ3n) is 3.19. The maximum absolute atomic E-state index is 11.5. The highest BCUT2D eigenvalue weighted by molar-refractivity contribution is 5.77. The van der Waals surface area contributed by atoms with Crippen molar-refractivity contribution in [2.75, 3.05) is 0 Å². The van der Waals surface area contributed by atoms with Crippen LogP contribution in [0.15, 0.2) is 25.0 Å². The Morgan fingerprint density at radius 1 is 1.26 bits per heavy atom. The van der Waals surface area contributed by atoms with Crippen molar-refractivity contribution in [2.24, 2.45) is 5.41 Å². The summed E-state index contributed by atoms with van der Waals surface area (Å²) in [5.74, 6) is -0.882. The van der Waals surface area contributed by atoms with Crippen molar-refractivity contribution in [1.29, 1.82) is 0 Å². The van der Waals surface area contributed by atoms with Gasteiger partial charge in [0, 0.05) is 23.4 Å². The number of carboxylic acid groups (broad SMARTS) is 1. The SMILES string of the molecule is C=CC(C)(C)C(C(=O)O)c1cnc(C(C)(C)C)nc1. The molecular formula is C15H22N2O2. The van der Waals surface area contributed by atoms with E-state index in [1.807, 2.05) is 34.6 Å². The minimum absolute atomic E-state index is 0.148. The first kappa shape index (κ1) is 15.3. The first-order valence-corrected chi connectivity index (χ1v) is 6.28. The molecule has 1 unspecified atom stereocenters. The summed E-state index contributed by atoms with van der Waals surface area (Å²) in [6.45, 7) is 13.5. The van der Waals surface area contributed by atoms with Crippen LogP contribution in [0.25, 0.3) is 0 Å². The minimum Gasteiger partial charge on any atom is -0.481 e. The maximum atomic E-state index is 11.5. The normalized spacial score (nSPS) is 13.9. The second-order valence-corrected chi connectivity index (χ2v) is 6.39. The van der Waals surface area contributed by atoms with E-state index in [0.717, 1.165) is 0 Å². The predicted molar refractivity (Wildman–Crippen MR) is 75.1 cm³/mol. The Balaban J connectivity index is 3.20. The van der Waals surface area contributed by atoms with E-state index in [1.54, 1.807) is 18.5 Å². The molecule has 0 bridgehead atoms. The van der Waals surface area contributed by atoms with Gasteiger partial charge in [-0.05, 0) is 5.41 Å². The van der Waals surface area contributed by atoms with Crippen LogP contribution in [0.4, 0.5) is 0 Å². The zero-order valence-electron chi connectivity index (χ0n) is 12.3.